The zero-order valence-corrected chi connectivity index (χ0v) is 19.1. The van der Waals surface area contributed by atoms with Crippen molar-refractivity contribution in [3.8, 4) is 0 Å². The van der Waals surface area contributed by atoms with E-state index < -0.39 is 79.0 Å². The number of halogens is 9. The standard InChI is InChI=1S/C24H23F9N2O2/c1-3-17-11-19(34-12-13-7-15(23(28,29)30)9-16(8-13)24(31,32)33)18-10-14(22(25,26)27)5-6-20(18)35(17)21(36)37-4-2/h5-10,17,19,34H,3-4,11-12H2,1-2H3/t17-,19-/m0/s1/i2D3. The maximum atomic E-state index is 13.5. The molecule has 204 valence electrons. The first kappa shape index (κ1) is 24.4. The summed E-state index contributed by atoms with van der Waals surface area (Å²) < 4.78 is 147. The third-order valence-corrected chi connectivity index (χ3v) is 5.93. The van der Waals surface area contributed by atoms with Gasteiger partial charge in [0.05, 0.1) is 29.0 Å². The predicted molar refractivity (Wildman–Crippen MR) is 116 cm³/mol. The first-order valence-corrected chi connectivity index (χ1v) is 10.9. The second-order valence-corrected chi connectivity index (χ2v) is 8.34. The number of hydrogen-bond acceptors (Lipinski definition) is 3. The van der Waals surface area contributed by atoms with E-state index in [9.17, 15) is 44.3 Å². The molecule has 0 saturated heterocycles. The zero-order valence-electron chi connectivity index (χ0n) is 22.1. The Morgan fingerprint density at radius 2 is 1.57 bits per heavy atom. The molecule has 37 heavy (non-hydrogen) atoms. The Morgan fingerprint density at radius 3 is 2.08 bits per heavy atom. The molecule has 1 aliphatic rings. The quantitative estimate of drug-likeness (QED) is 0.391. The van der Waals surface area contributed by atoms with Gasteiger partial charge in [-0.2, -0.15) is 39.5 Å². The van der Waals surface area contributed by atoms with Gasteiger partial charge >= 0.3 is 24.6 Å². The number of carbonyl (C=O) groups excluding carboxylic acids is 1. The van der Waals surface area contributed by atoms with Crippen LogP contribution in [0.2, 0.25) is 0 Å². The summed E-state index contributed by atoms with van der Waals surface area (Å²) in [4.78, 5) is 13.8. The molecule has 0 unspecified atom stereocenters. The normalized spacial score (nSPS) is 20.1. The minimum absolute atomic E-state index is 0.0368. The molecule has 1 N–H and O–H groups in total. The van der Waals surface area contributed by atoms with Crippen molar-refractivity contribution in [3.63, 3.8) is 0 Å². The average molecular weight is 545 g/mol. The number of rotatable bonds is 5. The summed E-state index contributed by atoms with van der Waals surface area (Å²) in [5.41, 5.74) is -4.80. The lowest BCUT2D eigenvalue weighted by atomic mass is 9.88. The van der Waals surface area contributed by atoms with E-state index in [4.69, 9.17) is 8.85 Å². The van der Waals surface area contributed by atoms with E-state index >= 15 is 0 Å². The van der Waals surface area contributed by atoms with E-state index in [0.29, 0.717) is 18.2 Å². The molecule has 4 nitrogen and oxygen atoms in total. The Hall–Kier alpha value is -2.96. The monoisotopic (exact) mass is 545 g/mol. The van der Waals surface area contributed by atoms with Gasteiger partial charge in [-0.05, 0) is 67.2 Å². The van der Waals surface area contributed by atoms with Crippen molar-refractivity contribution in [2.75, 3.05) is 11.5 Å². The molecular weight excluding hydrogens is 519 g/mol. The van der Waals surface area contributed by atoms with Gasteiger partial charge in [-0.15, -0.1) is 0 Å². The first-order valence-electron chi connectivity index (χ1n) is 12.4. The molecule has 0 saturated carbocycles. The number of ether oxygens (including phenoxy) is 1. The molecule has 1 aliphatic heterocycles. The SMILES string of the molecule is [2H]C([2H])([2H])COC(=O)N1c2ccc(C(F)(F)F)cc2[C@@H](NCc2cc(C(F)(F)F)cc(C(F)(F)F)c2)C[C@@H]1CC. The Kier molecular flexibility index (Phi) is 6.87. The van der Waals surface area contributed by atoms with Gasteiger partial charge in [0, 0.05) is 22.7 Å². The van der Waals surface area contributed by atoms with Crippen LogP contribution < -0.4 is 10.2 Å². The third-order valence-electron chi connectivity index (χ3n) is 5.93. The molecule has 2 aromatic rings. The molecule has 1 amide bonds. The number of nitrogens with one attached hydrogen (secondary N) is 1. The fraction of sp³-hybridized carbons (Fsp3) is 0.458. The summed E-state index contributed by atoms with van der Waals surface area (Å²) in [6, 6.07) is 1.59. The van der Waals surface area contributed by atoms with E-state index in [1.54, 1.807) is 6.92 Å². The molecule has 0 aliphatic carbocycles. The Labute approximate surface area is 210 Å². The van der Waals surface area contributed by atoms with Gasteiger partial charge in [0.1, 0.15) is 0 Å². The highest BCUT2D eigenvalue weighted by atomic mass is 19.4. The van der Waals surface area contributed by atoms with Crippen LogP contribution in [0.5, 0.6) is 0 Å². The van der Waals surface area contributed by atoms with Gasteiger partial charge < -0.3 is 10.1 Å². The van der Waals surface area contributed by atoms with Crippen LogP contribution in [0, 0.1) is 0 Å². The van der Waals surface area contributed by atoms with Crippen molar-refractivity contribution in [2.45, 2.75) is 63.8 Å². The number of nitrogens with zero attached hydrogens (tertiary/aromatic N) is 1. The number of benzene rings is 2. The number of amides is 1. The van der Waals surface area contributed by atoms with E-state index in [0.717, 1.165) is 17.0 Å². The van der Waals surface area contributed by atoms with Crippen LogP contribution >= 0.6 is 0 Å². The van der Waals surface area contributed by atoms with Crippen molar-refractivity contribution in [3.05, 3.63) is 64.2 Å². The lowest BCUT2D eigenvalue weighted by Crippen LogP contribution is -2.47. The van der Waals surface area contributed by atoms with Gasteiger partial charge in [0.15, 0.2) is 0 Å². The molecule has 2 aromatic carbocycles. The summed E-state index contributed by atoms with van der Waals surface area (Å²) in [7, 11) is 0. The van der Waals surface area contributed by atoms with Gasteiger partial charge in [-0.25, -0.2) is 4.79 Å². The Balaban J connectivity index is 2.01. The van der Waals surface area contributed by atoms with E-state index in [2.05, 4.69) is 5.32 Å². The molecule has 0 bridgehead atoms. The Bertz CT molecular complexity index is 1200. The zero-order chi connectivity index (χ0) is 30.3. The number of hydrogen-bond donors (Lipinski definition) is 1. The van der Waals surface area contributed by atoms with Crippen molar-refractivity contribution in [2.24, 2.45) is 0 Å². The number of carbonyl (C=O) groups is 1. The average Bonchev–Trinajstić information content (AvgIpc) is 2.82. The third kappa shape index (κ3) is 6.49. The maximum absolute atomic E-state index is 13.5. The predicted octanol–water partition coefficient (Wildman–Crippen LogP) is 7.72. The number of anilines is 1. The largest absolute Gasteiger partial charge is 0.449 e. The lowest BCUT2D eigenvalue weighted by molar-refractivity contribution is -0.143. The summed E-state index contributed by atoms with van der Waals surface area (Å²) in [5.74, 6) is 0. The van der Waals surface area contributed by atoms with E-state index in [-0.39, 0.29) is 30.2 Å². The van der Waals surface area contributed by atoms with Gasteiger partial charge in [0.2, 0.25) is 0 Å². The summed E-state index contributed by atoms with van der Waals surface area (Å²) >= 11 is 0. The van der Waals surface area contributed by atoms with Crippen LogP contribution in [-0.2, 0) is 29.8 Å². The maximum Gasteiger partial charge on any atom is 0.416 e. The number of fused-ring (bicyclic) bond motifs is 1. The fourth-order valence-electron chi connectivity index (χ4n) is 4.21. The topological polar surface area (TPSA) is 41.6 Å². The number of alkyl halides is 9. The molecule has 0 spiro atoms. The first-order chi connectivity index (χ1) is 18.2. The molecular formula is C24H23F9N2O2. The molecule has 0 radical (unpaired) electrons. The van der Waals surface area contributed by atoms with Crippen molar-refractivity contribution in [1.29, 1.82) is 0 Å². The van der Waals surface area contributed by atoms with Crippen LogP contribution in [0.15, 0.2) is 36.4 Å². The van der Waals surface area contributed by atoms with E-state index in [1.165, 1.54) is 0 Å². The van der Waals surface area contributed by atoms with Crippen molar-refractivity contribution in [1.82, 2.24) is 5.32 Å². The van der Waals surface area contributed by atoms with Gasteiger partial charge in [-0.3, -0.25) is 4.90 Å². The minimum atomic E-state index is -5.09. The highest BCUT2D eigenvalue weighted by molar-refractivity contribution is 5.90. The van der Waals surface area contributed by atoms with Crippen LogP contribution in [-0.4, -0.2) is 18.7 Å². The van der Waals surface area contributed by atoms with Crippen molar-refractivity contribution < 1.29 is 53.2 Å². The van der Waals surface area contributed by atoms with Gasteiger partial charge in [0.25, 0.3) is 0 Å². The van der Waals surface area contributed by atoms with Crippen LogP contribution in [0.4, 0.5) is 50.0 Å². The second kappa shape index (κ2) is 10.4. The summed E-state index contributed by atoms with van der Waals surface area (Å²) in [6.07, 6.45) is -16.0. The van der Waals surface area contributed by atoms with Gasteiger partial charge in [-0.1, -0.05) is 6.92 Å². The van der Waals surface area contributed by atoms with Crippen LogP contribution in [0.1, 0.15) is 64.6 Å². The fourth-order valence-corrected chi connectivity index (χ4v) is 4.21. The minimum Gasteiger partial charge on any atom is -0.449 e. The Morgan fingerprint density at radius 1 is 0.973 bits per heavy atom. The highest BCUT2D eigenvalue weighted by Crippen LogP contribution is 2.42. The smallest absolute Gasteiger partial charge is 0.416 e. The summed E-state index contributed by atoms with van der Waals surface area (Å²) in [6.45, 7) is -2.55. The molecule has 13 heteroatoms. The highest BCUT2D eigenvalue weighted by Gasteiger charge is 2.40. The van der Waals surface area contributed by atoms with Crippen molar-refractivity contribution >= 4 is 11.8 Å². The molecule has 1 heterocycles. The molecule has 3 rings (SSSR count). The molecule has 2 atom stereocenters. The molecule has 0 aromatic heterocycles. The second-order valence-electron chi connectivity index (χ2n) is 8.34. The van der Waals surface area contributed by atoms with Crippen LogP contribution in [0.3, 0.4) is 0 Å². The molecule has 0 fully saturated rings. The van der Waals surface area contributed by atoms with Crippen LogP contribution in [0.25, 0.3) is 0 Å². The summed E-state index contributed by atoms with van der Waals surface area (Å²) in [5, 5.41) is 2.74. The van der Waals surface area contributed by atoms with E-state index in [1.807, 2.05) is 0 Å². The lowest BCUT2D eigenvalue weighted by Gasteiger charge is -2.40.